The van der Waals surface area contributed by atoms with E-state index in [9.17, 15) is 9.59 Å². The normalized spacial score (nSPS) is 28.6. The number of primary amides is 1. The van der Waals surface area contributed by atoms with Crippen molar-refractivity contribution in [3.05, 3.63) is 0 Å². The summed E-state index contributed by atoms with van der Waals surface area (Å²) in [4.78, 5) is 25.3. The summed E-state index contributed by atoms with van der Waals surface area (Å²) >= 11 is 1.75. The molecule has 0 saturated carbocycles. The molecule has 0 bridgehead atoms. The summed E-state index contributed by atoms with van der Waals surface area (Å²) < 4.78 is 0. The molecule has 2 amide bonds. The molecule has 3 N–H and O–H groups in total. The van der Waals surface area contributed by atoms with Crippen molar-refractivity contribution in [1.82, 2.24) is 10.2 Å². The van der Waals surface area contributed by atoms with Gasteiger partial charge in [0.15, 0.2) is 0 Å². The molecule has 108 valence electrons. The molecule has 2 aliphatic rings. The smallest absolute Gasteiger partial charge is 0.232 e. The number of nitrogens with one attached hydrogen (secondary N) is 1. The molecule has 1 atom stereocenters. The summed E-state index contributed by atoms with van der Waals surface area (Å²) in [5, 5.41) is 3.91. The van der Waals surface area contributed by atoms with E-state index in [1.54, 1.807) is 16.7 Å². The summed E-state index contributed by atoms with van der Waals surface area (Å²) in [6, 6.07) is 0. The van der Waals surface area contributed by atoms with Crippen molar-refractivity contribution in [2.24, 2.45) is 11.1 Å². The van der Waals surface area contributed by atoms with Gasteiger partial charge in [0.25, 0.3) is 0 Å². The van der Waals surface area contributed by atoms with Crippen LogP contribution in [0.2, 0.25) is 0 Å². The number of thioether (sulfide) groups is 1. The highest BCUT2D eigenvalue weighted by molar-refractivity contribution is 8.00. The molecule has 2 aliphatic heterocycles. The maximum Gasteiger partial charge on any atom is 0.232 e. The van der Waals surface area contributed by atoms with E-state index in [1.807, 2.05) is 6.92 Å². The number of rotatable bonds is 4. The first-order valence-corrected chi connectivity index (χ1v) is 7.96. The maximum atomic E-state index is 12.1. The fourth-order valence-corrected chi connectivity index (χ4v) is 3.75. The van der Waals surface area contributed by atoms with Crippen LogP contribution in [-0.2, 0) is 9.59 Å². The molecule has 1 unspecified atom stereocenters. The molecule has 0 aliphatic carbocycles. The van der Waals surface area contributed by atoms with Gasteiger partial charge in [-0.2, -0.15) is 0 Å². The topological polar surface area (TPSA) is 75.4 Å². The lowest BCUT2D eigenvalue weighted by Crippen LogP contribution is -2.39. The predicted octanol–water partition coefficient (Wildman–Crippen LogP) is 0.195. The summed E-state index contributed by atoms with van der Waals surface area (Å²) in [5.74, 6) is 0.377. The fourth-order valence-electron chi connectivity index (χ4n) is 2.62. The minimum absolute atomic E-state index is 0.147. The molecule has 2 fully saturated rings. The van der Waals surface area contributed by atoms with E-state index in [0.717, 1.165) is 25.9 Å². The van der Waals surface area contributed by atoms with Crippen LogP contribution in [0.3, 0.4) is 0 Å². The van der Waals surface area contributed by atoms with Gasteiger partial charge in [-0.25, -0.2) is 0 Å². The number of likely N-dealkylation sites (tertiary alicyclic amines) is 1. The fraction of sp³-hybridized carbons (Fsp3) is 0.846. The Bertz CT molecular complexity index is 358. The van der Waals surface area contributed by atoms with Crippen molar-refractivity contribution in [2.75, 3.05) is 31.9 Å². The zero-order valence-corrected chi connectivity index (χ0v) is 12.3. The molecule has 2 rings (SSSR count). The third-order valence-electron chi connectivity index (χ3n) is 4.15. The third-order valence-corrected chi connectivity index (χ3v) is 5.51. The quantitative estimate of drug-likeness (QED) is 0.773. The van der Waals surface area contributed by atoms with Crippen LogP contribution in [0.25, 0.3) is 0 Å². The van der Waals surface area contributed by atoms with E-state index in [1.165, 1.54) is 0 Å². The van der Waals surface area contributed by atoms with Crippen molar-refractivity contribution in [2.45, 2.75) is 31.4 Å². The van der Waals surface area contributed by atoms with Gasteiger partial charge >= 0.3 is 0 Å². The summed E-state index contributed by atoms with van der Waals surface area (Å²) in [5.41, 5.74) is 4.86. The van der Waals surface area contributed by atoms with Crippen molar-refractivity contribution in [1.29, 1.82) is 0 Å². The average Bonchev–Trinajstić information content (AvgIpc) is 2.81. The van der Waals surface area contributed by atoms with Crippen molar-refractivity contribution < 1.29 is 9.59 Å². The second-order valence-electron chi connectivity index (χ2n) is 5.75. The van der Waals surface area contributed by atoms with E-state index in [2.05, 4.69) is 5.32 Å². The Kier molecular flexibility index (Phi) is 4.73. The number of amides is 2. The van der Waals surface area contributed by atoms with E-state index < -0.39 is 5.41 Å². The number of piperidine rings is 1. The number of hydrogen-bond acceptors (Lipinski definition) is 4. The molecular formula is C13H23N3O2S. The van der Waals surface area contributed by atoms with Crippen LogP contribution in [0.1, 0.15) is 26.2 Å². The largest absolute Gasteiger partial charge is 0.369 e. The Balaban J connectivity index is 1.76. The van der Waals surface area contributed by atoms with Gasteiger partial charge in [0.05, 0.1) is 11.2 Å². The molecule has 0 aromatic carbocycles. The standard InChI is InChI=1S/C13H23N3O2S/c1-13(12(14)18)4-7-16(9-13)11(17)8-19-10-2-5-15-6-3-10/h10,15H,2-9H2,1H3,(H2,14,18). The van der Waals surface area contributed by atoms with Gasteiger partial charge in [-0.1, -0.05) is 0 Å². The van der Waals surface area contributed by atoms with Crippen LogP contribution in [0.5, 0.6) is 0 Å². The number of nitrogens with zero attached hydrogens (tertiary/aromatic N) is 1. The Hall–Kier alpha value is -0.750. The van der Waals surface area contributed by atoms with Crippen LogP contribution >= 0.6 is 11.8 Å². The van der Waals surface area contributed by atoms with Gasteiger partial charge < -0.3 is 16.0 Å². The Labute approximate surface area is 118 Å². The van der Waals surface area contributed by atoms with E-state index in [4.69, 9.17) is 5.73 Å². The van der Waals surface area contributed by atoms with Gasteiger partial charge in [0.1, 0.15) is 0 Å². The van der Waals surface area contributed by atoms with E-state index >= 15 is 0 Å². The van der Waals surface area contributed by atoms with Gasteiger partial charge in [-0.05, 0) is 39.3 Å². The molecule has 0 spiro atoms. The van der Waals surface area contributed by atoms with Crippen molar-refractivity contribution in [3.63, 3.8) is 0 Å². The predicted molar refractivity (Wildman–Crippen MR) is 76.8 cm³/mol. The molecule has 2 heterocycles. The Morgan fingerprint density at radius 1 is 1.42 bits per heavy atom. The number of nitrogens with two attached hydrogens (primary N) is 1. The number of carbonyl (C=O) groups is 2. The Morgan fingerprint density at radius 3 is 2.68 bits per heavy atom. The summed E-state index contributed by atoms with van der Waals surface area (Å²) in [6.07, 6.45) is 2.96. The summed E-state index contributed by atoms with van der Waals surface area (Å²) in [7, 11) is 0. The molecule has 2 saturated heterocycles. The SMILES string of the molecule is CC1(C(N)=O)CCN(C(=O)CSC2CCNCC2)C1. The van der Waals surface area contributed by atoms with Gasteiger partial charge in [0, 0.05) is 18.3 Å². The first kappa shape index (κ1) is 14.7. The van der Waals surface area contributed by atoms with E-state index in [0.29, 0.717) is 30.5 Å². The van der Waals surface area contributed by atoms with Gasteiger partial charge in [-0.3, -0.25) is 9.59 Å². The number of hydrogen-bond donors (Lipinski definition) is 2. The Morgan fingerprint density at radius 2 is 2.11 bits per heavy atom. The minimum Gasteiger partial charge on any atom is -0.369 e. The third kappa shape index (κ3) is 3.63. The highest BCUT2D eigenvalue weighted by Crippen LogP contribution is 2.30. The zero-order valence-electron chi connectivity index (χ0n) is 11.5. The maximum absolute atomic E-state index is 12.1. The van der Waals surface area contributed by atoms with Crippen LogP contribution in [-0.4, -0.2) is 53.9 Å². The zero-order chi connectivity index (χ0) is 13.9. The molecule has 0 radical (unpaired) electrons. The van der Waals surface area contributed by atoms with Crippen LogP contribution in [0.15, 0.2) is 0 Å². The second-order valence-corrected chi connectivity index (χ2v) is 7.04. The average molecular weight is 285 g/mol. The molecule has 0 aromatic heterocycles. The highest BCUT2D eigenvalue weighted by Gasteiger charge is 2.40. The van der Waals surface area contributed by atoms with E-state index in [-0.39, 0.29) is 11.8 Å². The van der Waals surface area contributed by atoms with Crippen LogP contribution in [0, 0.1) is 5.41 Å². The minimum atomic E-state index is -0.533. The van der Waals surface area contributed by atoms with Gasteiger partial charge in [-0.15, -0.1) is 11.8 Å². The highest BCUT2D eigenvalue weighted by atomic mass is 32.2. The van der Waals surface area contributed by atoms with Crippen molar-refractivity contribution >= 4 is 23.6 Å². The number of carbonyl (C=O) groups excluding carboxylic acids is 2. The lowest BCUT2D eigenvalue weighted by molar-refractivity contribution is -0.129. The lowest BCUT2D eigenvalue weighted by atomic mass is 9.89. The van der Waals surface area contributed by atoms with Gasteiger partial charge in [0.2, 0.25) is 11.8 Å². The van der Waals surface area contributed by atoms with Crippen molar-refractivity contribution in [3.8, 4) is 0 Å². The summed E-state index contributed by atoms with van der Waals surface area (Å²) in [6.45, 7) is 5.09. The van der Waals surface area contributed by atoms with Crippen LogP contribution in [0.4, 0.5) is 0 Å². The lowest BCUT2D eigenvalue weighted by Gasteiger charge is -2.24. The first-order chi connectivity index (χ1) is 9.01. The molecular weight excluding hydrogens is 262 g/mol. The van der Waals surface area contributed by atoms with Crippen LogP contribution < -0.4 is 11.1 Å². The first-order valence-electron chi connectivity index (χ1n) is 6.91. The second kappa shape index (κ2) is 6.13. The molecule has 0 aromatic rings. The monoisotopic (exact) mass is 285 g/mol. The molecule has 5 nitrogen and oxygen atoms in total. The molecule has 6 heteroatoms. The molecule has 19 heavy (non-hydrogen) atoms.